The van der Waals surface area contributed by atoms with Crippen LogP contribution in [0.4, 0.5) is 9.59 Å². The van der Waals surface area contributed by atoms with Gasteiger partial charge in [0.25, 0.3) is 0 Å². The molecule has 0 bridgehead atoms. The van der Waals surface area contributed by atoms with Crippen LogP contribution in [0.5, 0.6) is 0 Å². The van der Waals surface area contributed by atoms with Gasteiger partial charge in [0.15, 0.2) is 0 Å². The highest BCUT2D eigenvalue weighted by Gasteiger charge is 2.40. The first-order chi connectivity index (χ1) is 27.9. The van der Waals surface area contributed by atoms with Crippen LogP contribution < -0.4 is 10.6 Å². The third-order valence-electron chi connectivity index (χ3n) is 12.4. The molecule has 306 valence electrons. The van der Waals surface area contributed by atoms with Crippen LogP contribution in [0.1, 0.15) is 99.6 Å². The molecule has 4 N–H and O–H groups in total. The van der Waals surface area contributed by atoms with Crippen molar-refractivity contribution < 1.29 is 28.7 Å². The second-order valence-electron chi connectivity index (χ2n) is 16.7. The maximum absolute atomic E-state index is 13.7. The van der Waals surface area contributed by atoms with Crippen LogP contribution in [0.25, 0.3) is 33.6 Å². The summed E-state index contributed by atoms with van der Waals surface area (Å²) >= 11 is 0. The molecule has 58 heavy (non-hydrogen) atoms. The first kappa shape index (κ1) is 39.2. The molecule has 14 heteroatoms. The van der Waals surface area contributed by atoms with Crippen molar-refractivity contribution >= 4 is 24.0 Å². The summed E-state index contributed by atoms with van der Waals surface area (Å²) in [6.45, 7) is 8.91. The summed E-state index contributed by atoms with van der Waals surface area (Å²) in [4.78, 5) is 72.7. The topological polar surface area (TPSA) is 175 Å². The number of methoxy groups -OCH3 is 2. The Labute approximate surface area is 338 Å². The number of likely N-dealkylation sites (tertiary alicyclic amines) is 2. The number of aromatic nitrogens is 4. The summed E-state index contributed by atoms with van der Waals surface area (Å²) < 4.78 is 9.60. The van der Waals surface area contributed by atoms with Gasteiger partial charge in [0.05, 0.1) is 37.7 Å². The van der Waals surface area contributed by atoms with Gasteiger partial charge >= 0.3 is 12.2 Å². The largest absolute Gasteiger partial charge is 0.453 e. The van der Waals surface area contributed by atoms with Gasteiger partial charge in [-0.25, -0.2) is 19.6 Å². The van der Waals surface area contributed by atoms with E-state index in [0.29, 0.717) is 13.1 Å². The molecule has 2 saturated heterocycles. The summed E-state index contributed by atoms with van der Waals surface area (Å²) in [5.74, 6) is 1.17. The van der Waals surface area contributed by atoms with Crippen LogP contribution in [0.15, 0.2) is 36.4 Å². The molecule has 0 unspecified atom stereocenters. The number of aryl methyl sites for hydroxylation is 4. The highest BCUT2D eigenvalue weighted by Crippen LogP contribution is 2.41. The van der Waals surface area contributed by atoms with E-state index in [4.69, 9.17) is 19.4 Å². The number of nitrogens with zero attached hydrogens (tertiary/aromatic N) is 4. The van der Waals surface area contributed by atoms with E-state index in [1.165, 1.54) is 25.3 Å². The van der Waals surface area contributed by atoms with Crippen molar-refractivity contribution in [3.63, 3.8) is 0 Å². The van der Waals surface area contributed by atoms with Crippen LogP contribution in [-0.2, 0) is 44.7 Å². The fraction of sp³-hybridized carbons (Fsp3) is 0.500. The number of amides is 4. The number of hydrogen-bond acceptors (Lipinski definition) is 8. The summed E-state index contributed by atoms with van der Waals surface area (Å²) in [6.07, 6.45) is 5.54. The molecule has 8 rings (SSSR count). The highest BCUT2D eigenvalue weighted by atomic mass is 16.5. The molecular formula is C44H54N8O6. The van der Waals surface area contributed by atoms with Crippen molar-refractivity contribution in [1.29, 1.82) is 0 Å². The lowest BCUT2D eigenvalue weighted by molar-refractivity contribution is -0.136. The molecule has 2 fully saturated rings. The number of nitrogens with one attached hydrogen (secondary N) is 4. The molecular weight excluding hydrogens is 737 g/mol. The zero-order chi connectivity index (χ0) is 40.8. The Morgan fingerprint density at radius 3 is 1.45 bits per heavy atom. The van der Waals surface area contributed by atoms with E-state index in [9.17, 15) is 19.2 Å². The fourth-order valence-electron chi connectivity index (χ4n) is 9.31. The maximum Gasteiger partial charge on any atom is 0.407 e. The van der Waals surface area contributed by atoms with Gasteiger partial charge in [-0.15, -0.1) is 0 Å². The molecule has 4 aliphatic rings. The number of carbonyl (C=O) groups is 4. The second kappa shape index (κ2) is 15.9. The number of aromatic amines is 2. The summed E-state index contributed by atoms with van der Waals surface area (Å²) in [5, 5.41) is 5.46. The molecule has 0 spiro atoms. The van der Waals surface area contributed by atoms with Gasteiger partial charge in [-0.3, -0.25) is 9.59 Å². The zero-order valence-corrected chi connectivity index (χ0v) is 34.2. The van der Waals surface area contributed by atoms with E-state index in [1.807, 2.05) is 37.5 Å². The molecule has 4 atom stereocenters. The molecule has 4 amide bonds. The van der Waals surface area contributed by atoms with E-state index in [0.717, 1.165) is 108 Å². The lowest BCUT2D eigenvalue weighted by atomic mass is 9.87. The van der Waals surface area contributed by atoms with Crippen LogP contribution in [0.3, 0.4) is 0 Å². The lowest BCUT2D eigenvalue weighted by Crippen LogP contribution is -2.51. The van der Waals surface area contributed by atoms with Crippen LogP contribution in [0.2, 0.25) is 0 Å². The Hall–Kier alpha value is -5.66. The van der Waals surface area contributed by atoms with Crippen LogP contribution in [-0.4, -0.2) is 93.1 Å². The average molecular weight is 791 g/mol. The van der Waals surface area contributed by atoms with Gasteiger partial charge < -0.3 is 39.9 Å². The standard InChI is InChI=1S/C44H54N8O6/c1-23(2)35(49-43(55)57-5)41(53)51-19-7-9-33(51)39-45-31-17-13-27-21-25(11-15-29(27)37(31)47-39)26-12-16-30-28(22-26)14-18-32-38(30)48-40(46-32)34-10-8-20-52(34)42(54)36(24(3)4)50-44(56)58-6/h11-12,15-16,21-24,33-36H,7-10,13-14,17-20H2,1-6H3,(H,45,47)(H,46,48)(H,49,55)(H,50,56)/t33-,34-,35-,36-/m0/s1. The van der Waals surface area contributed by atoms with Crippen molar-refractivity contribution in [2.24, 2.45) is 11.8 Å². The second-order valence-corrected chi connectivity index (χ2v) is 16.7. The molecule has 4 aromatic rings. The monoisotopic (exact) mass is 790 g/mol. The Kier molecular flexibility index (Phi) is 10.8. The molecule has 0 radical (unpaired) electrons. The van der Waals surface area contributed by atoms with Gasteiger partial charge in [-0.1, -0.05) is 64.1 Å². The third kappa shape index (κ3) is 7.21. The molecule has 2 aliphatic carbocycles. The third-order valence-corrected chi connectivity index (χ3v) is 12.4. The van der Waals surface area contributed by atoms with Gasteiger partial charge in [-0.05, 0) is 85.5 Å². The minimum absolute atomic E-state index is 0.0982. The number of rotatable bonds is 9. The van der Waals surface area contributed by atoms with Crippen molar-refractivity contribution in [1.82, 2.24) is 40.4 Å². The quantitative estimate of drug-likeness (QED) is 0.150. The maximum atomic E-state index is 13.7. The van der Waals surface area contributed by atoms with E-state index in [1.54, 1.807) is 0 Å². The first-order valence-corrected chi connectivity index (χ1v) is 20.7. The number of H-pyrrole nitrogens is 2. The normalized spacial score (nSPS) is 19.2. The Morgan fingerprint density at radius 2 is 1.07 bits per heavy atom. The van der Waals surface area contributed by atoms with Crippen LogP contribution >= 0.6 is 0 Å². The lowest BCUT2D eigenvalue weighted by Gasteiger charge is -2.30. The Morgan fingerprint density at radius 1 is 0.655 bits per heavy atom. The Bertz CT molecular complexity index is 2090. The van der Waals surface area contributed by atoms with E-state index in [-0.39, 0.29) is 35.7 Å². The first-order valence-electron chi connectivity index (χ1n) is 20.7. The molecule has 0 saturated carbocycles. The van der Waals surface area contributed by atoms with E-state index in [2.05, 4.69) is 57.0 Å². The molecule has 4 heterocycles. The van der Waals surface area contributed by atoms with Crippen molar-refractivity contribution in [2.75, 3.05) is 27.3 Å². The van der Waals surface area contributed by atoms with Crippen molar-refractivity contribution in [3.8, 4) is 33.6 Å². The minimum Gasteiger partial charge on any atom is -0.453 e. The SMILES string of the molecule is COC(=O)N[C@H](C(=O)N1CCC[C@H]1c1nc2c([nH]1)CCc1cc(-c3ccc4c(c3)CCc3[nH]c([C@@H]5CCCN5C(=O)[C@@H](NC(=O)OC)C(C)C)nc3-4)ccc1-2)C(C)C. The van der Waals surface area contributed by atoms with Gasteiger partial charge in [0, 0.05) is 35.6 Å². The van der Waals surface area contributed by atoms with Crippen molar-refractivity contribution in [3.05, 3.63) is 70.6 Å². The predicted octanol–water partition coefficient (Wildman–Crippen LogP) is 6.42. The summed E-state index contributed by atoms with van der Waals surface area (Å²) in [7, 11) is 2.61. The smallest absolute Gasteiger partial charge is 0.407 e. The predicted molar refractivity (Wildman–Crippen MR) is 218 cm³/mol. The number of carbonyl (C=O) groups excluding carboxylic acids is 4. The van der Waals surface area contributed by atoms with Gasteiger partial charge in [0.2, 0.25) is 11.8 Å². The summed E-state index contributed by atoms with van der Waals surface area (Å²) in [6, 6.07) is 11.6. The van der Waals surface area contributed by atoms with Gasteiger partial charge in [0.1, 0.15) is 23.7 Å². The molecule has 2 aliphatic heterocycles. The number of imidazole rings is 2. The minimum atomic E-state index is -0.679. The average Bonchev–Trinajstić information content (AvgIpc) is 4.06. The van der Waals surface area contributed by atoms with E-state index < -0.39 is 24.3 Å². The van der Waals surface area contributed by atoms with Crippen molar-refractivity contribution in [2.45, 2.75) is 103 Å². The van der Waals surface area contributed by atoms with Gasteiger partial charge in [-0.2, -0.15) is 0 Å². The highest BCUT2D eigenvalue weighted by molar-refractivity contribution is 5.87. The van der Waals surface area contributed by atoms with Crippen LogP contribution in [0, 0.1) is 11.8 Å². The number of benzene rings is 2. The number of alkyl carbamates (subject to hydrolysis) is 2. The zero-order valence-electron chi connectivity index (χ0n) is 34.2. The fourth-order valence-corrected chi connectivity index (χ4v) is 9.31. The van der Waals surface area contributed by atoms with E-state index >= 15 is 0 Å². The molecule has 2 aromatic carbocycles. The number of hydrogen-bond donors (Lipinski definition) is 4. The number of fused-ring (bicyclic) bond motifs is 6. The Balaban J connectivity index is 1.00. The molecule has 2 aromatic heterocycles. The molecule has 14 nitrogen and oxygen atoms in total. The summed E-state index contributed by atoms with van der Waals surface area (Å²) in [5.41, 5.74) is 11.1. The number of ether oxygens (including phenoxy) is 2.